The van der Waals surface area contributed by atoms with Gasteiger partial charge in [0.05, 0.1) is 25.9 Å². The number of carbonyl (C=O) groups is 2. The Balaban J connectivity index is 0.715. The van der Waals surface area contributed by atoms with Gasteiger partial charge in [-0.2, -0.15) is 0 Å². The number of sulfone groups is 1. The second-order valence-corrected chi connectivity index (χ2v) is 22.2. The van der Waals surface area contributed by atoms with Gasteiger partial charge < -0.3 is 15.1 Å². The summed E-state index contributed by atoms with van der Waals surface area (Å²) in [5, 5.41) is 6.23. The molecule has 1 unspecified atom stereocenters. The molecule has 1 atom stereocenters. The average molecular weight is 902 g/mol. The Hall–Kier alpha value is -4.51. The van der Waals surface area contributed by atoms with Gasteiger partial charge in [-0.05, 0) is 137 Å². The van der Waals surface area contributed by atoms with Crippen LogP contribution in [0.3, 0.4) is 0 Å². The zero-order valence-corrected chi connectivity index (χ0v) is 37.6. The van der Waals surface area contributed by atoms with Gasteiger partial charge in [0.15, 0.2) is 20.6 Å². The van der Waals surface area contributed by atoms with Crippen LogP contribution in [0.2, 0.25) is 5.02 Å². The third kappa shape index (κ3) is 7.37. The maximum atomic E-state index is 13.9. The van der Waals surface area contributed by atoms with Crippen LogP contribution in [0.5, 0.6) is 0 Å². The van der Waals surface area contributed by atoms with Gasteiger partial charge in [0.1, 0.15) is 11.1 Å². The highest BCUT2D eigenvalue weighted by Crippen LogP contribution is 2.53. The first-order valence-corrected chi connectivity index (χ1v) is 24.9. The van der Waals surface area contributed by atoms with E-state index in [-0.39, 0.29) is 45.3 Å². The van der Waals surface area contributed by atoms with Crippen LogP contribution < -0.4 is 26.8 Å². The number of amides is 2. The van der Waals surface area contributed by atoms with E-state index < -0.39 is 21.8 Å². The fourth-order valence-corrected chi connectivity index (χ4v) is 14.4. The molecule has 10 rings (SSSR count). The van der Waals surface area contributed by atoms with Crippen LogP contribution in [0.25, 0.3) is 21.4 Å². The number of aryl methyl sites for hydroxylation is 2. The molecule has 2 aliphatic carbocycles. The summed E-state index contributed by atoms with van der Waals surface area (Å²) in [6, 6.07) is 12.4. The molecule has 3 saturated heterocycles. The van der Waals surface area contributed by atoms with Crippen LogP contribution in [-0.2, 0) is 26.5 Å². The van der Waals surface area contributed by atoms with E-state index in [9.17, 15) is 27.6 Å². The monoisotopic (exact) mass is 900 g/mol. The van der Waals surface area contributed by atoms with Gasteiger partial charge in [-0.1, -0.05) is 35.8 Å². The maximum absolute atomic E-state index is 13.9. The van der Waals surface area contributed by atoms with Crippen molar-refractivity contribution in [2.75, 3.05) is 42.9 Å². The number of halogens is 1. The summed E-state index contributed by atoms with van der Waals surface area (Å²) >= 11 is 7.80. The number of thiazole rings is 1. The Morgan fingerprint density at radius 3 is 2.35 bits per heavy atom. The standard InChI is InChI=1S/C45H53ClN8O6S2/c1-27-21-31(8-9-34(27)47-43-49-40-38(61-43)23-33(46)42(57)53(40)29-5-3-4-6-29)62(59,60)32-24-45(25-32)15-19-51(20-16-45)26-28-13-17-52(18-14-28)30-7-10-35-37(22-30)50(2)44(58)54(35)36-11-12-39(55)48-41(36)56/h7-10,21-23,28-29,32,36H,3-6,11-20,24-26H2,1-2H3,(H,47,49)(H,48,55,56). The van der Waals surface area contributed by atoms with E-state index in [0.717, 1.165) is 111 Å². The van der Waals surface area contributed by atoms with E-state index >= 15 is 0 Å². The summed E-state index contributed by atoms with van der Waals surface area (Å²) in [7, 11) is -1.75. The molecule has 2 aromatic carbocycles. The van der Waals surface area contributed by atoms with Crippen molar-refractivity contribution < 1.29 is 18.0 Å². The second kappa shape index (κ2) is 15.9. The molecule has 1 spiro atoms. The van der Waals surface area contributed by atoms with Crippen LogP contribution >= 0.6 is 22.9 Å². The summed E-state index contributed by atoms with van der Waals surface area (Å²) in [4.78, 5) is 60.7. The van der Waals surface area contributed by atoms with Crippen LogP contribution in [-0.4, -0.2) is 81.8 Å². The molecule has 0 radical (unpaired) electrons. The number of pyridine rings is 1. The van der Waals surface area contributed by atoms with Crippen molar-refractivity contribution in [3.8, 4) is 0 Å². The minimum absolute atomic E-state index is 0.0963. The molecule has 14 nitrogen and oxygen atoms in total. The van der Waals surface area contributed by atoms with Gasteiger partial charge in [0.25, 0.3) is 5.56 Å². The smallest absolute Gasteiger partial charge is 0.329 e. The number of imidazole rings is 1. The SMILES string of the molecule is Cc1cc(S(=O)(=O)C2CC3(CCN(CC4CCN(c5ccc6c(c5)n(C)c(=O)n6C5CCC(=O)NC5=O)CC4)CC3)C2)ccc1Nc1nc2c(cc(Cl)c(=O)n2C2CCCC2)s1. The number of benzene rings is 2. The third-order valence-corrected chi connectivity index (χ3v) is 18.1. The van der Waals surface area contributed by atoms with Crippen molar-refractivity contribution in [2.45, 2.75) is 106 Å². The average Bonchev–Trinajstić information content (AvgIpc) is 3.97. The number of nitrogens with one attached hydrogen (secondary N) is 2. The number of carbonyl (C=O) groups excluding carboxylic acids is 2. The van der Waals surface area contributed by atoms with Crippen LogP contribution in [0.15, 0.2) is 56.9 Å². The number of piperidine rings is 3. The topological polar surface area (TPSA) is 161 Å². The molecule has 5 fully saturated rings. The Morgan fingerprint density at radius 2 is 1.65 bits per heavy atom. The molecular formula is C45H53ClN8O6S2. The normalized spacial score (nSPS) is 21.9. The number of anilines is 3. The van der Waals surface area contributed by atoms with Crippen LogP contribution in [0.4, 0.5) is 16.5 Å². The number of hydrogen-bond acceptors (Lipinski definition) is 11. The molecule has 6 heterocycles. The zero-order chi connectivity index (χ0) is 43.1. The van der Waals surface area contributed by atoms with E-state index in [4.69, 9.17) is 16.6 Å². The number of aromatic nitrogens is 4. The number of imide groups is 1. The lowest BCUT2D eigenvalue weighted by molar-refractivity contribution is -0.135. The highest BCUT2D eigenvalue weighted by molar-refractivity contribution is 7.92. The van der Waals surface area contributed by atoms with Crippen LogP contribution in [0.1, 0.15) is 94.7 Å². The van der Waals surface area contributed by atoms with Gasteiger partial charge in [-0.3, -0.25) is 33.4 Å². The van der Waals surface area contributed by atoms with E-state index in [1.165, 1.54) is 15.9 Å². The summed E-state index contributed by atoms with van der Waals surface area (Å²) < 4.78 is 33.6. The fraction of sp³-hybridized carbons (Fsp3) is 0.533. The first-order chi connectivity index (χ1) is 29.8. The van der Waals surface area contributed by atoms with E-state index in [2.05, 4.69) is 20.4 Å². The molecule has 5 aliphatic rings. The number of fused-ring (bicyclic) bond motifs is 2. The van der Waals surface area contributed by atoms with E-state index in [1.807, 2.05) is 31.2 Å². The first kappa shape index (κ1) is 41.5. The summed E-state index contributed by atoms with van der Waals surface area (Å²) in [5.74, 6) is -0.145. The molecule has 0 bridgehead atoms. The fourth-order valence-electron chi connectivity index (χ4n) is 11.1. The van der Waals surface area contributed by atoms with Crippen molar-refractivity contribution in [3.05, 3.63) is 73.9 Å². The molecule has 2 amide bonds. The predicted molar refractivity (Wildman–Crippen MR) is 243 cm³/mol. The number of rotatable bonds is 9. The minimum atomic E-state index is -3.48. The second-order valence-electron chi connectivity index (χ2n) is 18.6. The molecule has 2 saturated carbocycles. The van der Waals surface area contributed by atoms with Crippen LogP contribution in [0, 0.1) is 18.3 Å². The molecule has 17 heteroatoms. The highest BCUT2D eigenvalue weighted by Gasteiger charge is 2.51. The Kier molecular flexibility index (Phi) is 10.7. The zero-order valence-electron chi connectivity index (χ0n) is 35.2. The van der Waals surface area contributed by atoms with Gasteiger partial charge in [0, 0.05) is 50.5 Å². The highest BCUT2D eigenvalue weighted by atomic mass is 35.5. The van der Waals surface area contributed by atoms with Crippen molar-refractivity contribution in [2.24, 2.45) is 18.4 Å². The molecule has 2 N–H and O–H groups in total. The Morgan fingerprint density at radius 1 is 0.903 bits per heavy atom. The lowest BCUT2D eigenvalue weighted by atomic mass is 9.63. The van der Waals surface area contributed by atoms with E-state index in [0.29, 0.717) is 46.4 Å². The predicted octanol–water partition coefficient (Wildman–Crippen LogP) is 6.84. The molecule has 328 valence electrons. The Labute approximate surface area is 369 Å². The number of hydrogen-bond donors (Lipinski definition) is 2. The van der Waals surface area contributed by atoms with Crippen molar-refractivity contribution >= 4 is 82.5 Å². The van der Waals surface area contributed by atoms with Gasteiger partial charge in [-0.15, -0.1) is 0 Å². The van der Waals surface area contributed by atoms with Gasteiger partial charge >= 0.3 is 5.69 Å². The Bertz CT molecular complexity index is 2840. The van der Waals surface area contributed by atoms with Crippen molar-refractivity contribution in [1.82, 2.24) is 28.9 Å². The third-order valence-electron chi connectivity index (χ3n) is 14.8. The molecule has 3 aliphatic heterocycles. The number of likely N-dealkylation sites (tertiary alicyclic amines) is 1. The molecule has 62 heavy (non-hydrogen) atoms. The van der Waals surface area contributed by atoms with E-state index in [1.54, 1.807) is 34.4 Å². The van der Waals surface area contributed by atoms with Gasteiger partial charge in [0.2, 0.25) is 11.8 Å². The quantitative estimate of drug-likeness (QED) is 0.150. The summed E-state index contributed by atoms with van der Waals surface area (Å²) in [6.07, 6.45) is 10.2. The number of nitrogens with zero attached hydrogens (tertiary/aromatic N) is 6. The summed E-state index contributed by atoms with van der Waals surface area (Å²) in [6.45, 7) is 6.81. The lowest BCUT2D eigenvalue weighted by Crippen LogP contribution is -2.52. The van der Waals surface area contributed by atoms with Crippen molar-refractivity contribution in [1.29, 1.82) is 0 Å². The molecular weight excluding hydrogens is 848 g/mol. The maximum Gasteiger partial charge on any atom is 0.329 e. The van der Waals surface area contributed by atoms with Gasteiger partial charge in [-0.25, -0.2) is 18.2 Å². The van der Waals surface area contributed by atoms with Crippen molar-refractivity contribution in [3.63, 3.8) is 0 Å². The lowest BCUT2D eigenvalue weighted by Gasteiger charge is -2.52. The minimum Gasteiger partial charge on any atom is -0.371 e. The largest absolute Gasteiger partial charge is 0.371 e. The molecule has 3 aromatic heterocycles. The molecule has 5 aromatic rings. The summed E-state index contributed by atoms with van der Waals surface area (Å²) in [5.41, 5.74) is 4.42. The first-order valence-electron chi connectivity index (χ1n) is 22.1.